The largest absolute Gasteiger partial charge is 0.497 e. The Bertz CT molecular complexity index is 1320. The van der Waals surface area contributed by atoms with Crippen LogP contribution in [0.5, 0.6) is 11.5 Å². The molecule has 1 heterocycles. The number of carbonyl (C=O) groups is 1. The summed E-state index contributed by atoms with van der Waals surface area (Å²) in [7, 11) is 1.66. The predicted octanol–water partition coefficient (Wildman–Crippen LogP) is 6.70. The third-order valence-corrected chi connectivity index (χ3v) is 6.01. The molecule has 6 heteroatoms. The van der Waals surface area contributed by atoms with Crippen LogP contribution in [0.25, 0.3) is 22.6 Å². The second-order valence-electron chi connectivity index (χ2n) is 9.06. The summed E-state index contributed by atoms with van der Waals surface area (Å²) < 4.78 is 17.4. The maximum absolute atomic E-state index is 11.0. The fourth-order valence-electron chi connectivity index (χ4n) is 4.05. The summed E-state index contributed by atoms with van der Waals surface area (Å²) in [6.07, 6.45) is 0.557. The minimum Gasteiger partial charge on any atom is -0.497 e. The summed E-state index contributed by atoms with van der Waals surface area (Å²) in [6.45, 7) is 6.53. The number of benzene rings is 3. The highest BCUT2D eigenvalue weighted by atomic mass is 16.5. The minimum atomic E-state index is -0.862. The standard InChI is InChI=1S/C30H31NO5/c1-19(2)29-26(15-16-35-27-17-21(18-28(32)33)6-5-20(27)3)31-30(36-29)24-9-7-22(8-10-24)23-11-13-25(34-4)14-12-23/h5-14,17,19H,15-16,18H2,1-4H3,(H,32,33). The molecule has 3 aromatic carbocycles. The zero-order chi connectivity index (χ0) is 25.7. The Kier molecular flexibility index (Phi) is 7.74. The zero-order valence-electron chi connectivity index (χ0n) is 21.1. The second-order valence-corrected chi connectivity index (χ2v) is 9.06. The van der Waals surface area contributed by atoms with Crippen molar-refractivity contribution in [3.63, 3.8) is 0 Å². The van der Waals surface area contributed by atoms with Crippen LogP contribution in [-0.4, -0.2) is 29.8 Å². The molecule has 1 N–H and O–H groups in total. The average molecular weight is 486 g/mol. The van der Waals surface area contributed by atoms with Gasteiger partial charge in [-0.1, -0.05) is 50.2 Å². The predicted molar refractivity (Wildman–Crippen MR) is 140 cm³/mol. The van der Waals surface area contributed by atoms with Gasteiger partial charge in [-0.25, -0.2) is 4.98 Å². The molecule has 0 saturated heterocycles. The van der Waals surface area contributed by atoms with Gasteiger partial charge in [-0.2, -0.15) is 0 Å². The molecular weight excluding hydrogens is 454 g/mol. The van der Waals surface area contributed by atoms with Crippen LogP contribution in [0, 0.1) is 6.92 Å². The Labute approximate surface area is 211 Å². The molecule has 186 valence electrons. The Morgan fingerprint density at radius 1 is 0.972 bits per heavy atom. The maximum Gasteiger partial charge on any atom is 0.307 e. The molecule has 0 aliphatic rings. The van der Waals surface area contributed by atoms with E-state index in [1.165, 1.54) is 0 Å². The van der Waals surface area contributed by atoms with Crippen LogP contribution < -0.4 is 9.47 Å². The lowest BCUT2D eigenvalue weighted by Gasteiger charge is -2.10. The number of carboxylic acid groups (broad SMARTS) is 1. The molecule has 4 rings (SSSR count). The molecule has 0 unspecified atom stereocenters. The second kappa shape index (κ2) is 11.1. The number of ether oxygens (including phenoxy) is 2. The van der Waals surface area contributed by atoms with E-state index in [1.54, 1.807) is 13.2 Å². The van der Waals surface area contributed by atoms with Crippen molar-refractivity contribution >= 4 is 5.97 Å². The van der Waals surface area contributed by atoms with E-state index in [0.29, 0.717) is 30.2 Å². The number of aryl methyl sites for hydroxylation is 1. The van der Waals surface area contributed by atoms with Crippen LogP contribution in [0.2, 0.25) is 0 Å². The molecule has 0 amide bonds. The van der Waals surface area contributed by atoms with Crippen molar-refractivity contribution in [1.82, 2.24) is 4.98 Å². The van der Waals surface area contributed by atoms with Crippen LogP contribution in [0.15, 0.2) is 71.1 Å². The average Bonchev–Trinajstić information content (AvgIpc) is 3.30. The number of aliphatic carboxylic acids is 1. The lowest BCUT2D eigenvalue weighted by molar-refractivity contribution is -0.136. The highest BCUT2D eigenvalue weighted by Crippen LogP contribution is 2.30. The van der Waals surface area contributed by atoms with Gasteiger partial charge in [0.25, 0.3) is 0 Å². The Morgan fingerprint density at radius 2 is 1.61 bits per heavy atom. The smallest absolute Gasteiger partial charge is 0.307 e. The molecule has 0 aliphatic heterocycles. The van der Waals surface area contributed by atoms with Gasteiger partial charge in [0, 0.05) is 17.9 Å². The van der Waals surface area contributed by atoms with Crippen molar-refractivity contribution in [3.8, 4) is 34.1 Å². The third kappa shape index (κ3) is 5.95. The highest BCUT2D eigenvalue weighted by Gasteiger charge is 2.18. The van der Waals surface area contributed by atoms with Crippen molar-refractivity contribution in [2.75, 3.05) is 13.7 Å². The van der Waals surface area contributed by atoms with Gasteiger partial charge in [0.2, 0.25) is 5.89 Å². The van der Waals surface area contributed by atoms with Crippen LogP contribution in [0.3, 0.4) is 0 Å². The number of rotatable bonds is 10. The monoisotopic (exact) mass is 485 g/mol. The lowest BCUT2D eigenvalue weighted by atomic mass is 10.0. The first-order chi connectivity index (χ1) is 17.3. The van der Waals surface area contributed by atoms with E-state index in [1.807, 2.05) is 55.5 Å². The minimum absolute atomic E-state index is 0.0297. The van der Waals surface area contributed by atoms with Gasteiger partial charge < -0.3 is 19.0 Å². The Hall–Kier alpha value is -4.06. The molecule has 6 nitrogen and oxygen atoms in total. The van der Waals surface area contributed by atoms with Gasteiger partial charge in [0.1, 0.15) is 17.3 Å². The number of carboxylic acids is 1. The first-order valence-electron chi connectivity index (χ1n) is 12.0. The molecule has 0 radical (unpaired) electrons. The third-order valence-electron chi connectivity index (χ3n) is 6.01. The van der Waals surface area contributed by atoms with Crippen LogP contribution in [-0.2, 0) is 17.6 Å². The summed E-state index contributed by atoms with van der Waals surface area (Å²) in [6, 6.07) is 21.6. The number of hydrogen-bond acceptors (Lipinski definition) is 5. The summed E-state index contributed by atoms with van der Waals surface area (Å²) in [5, 5.41) is 9.06. The fraction of sp³-hybridized carbons (Fsp3) is 0.267. The van der Waals surface area contributed by atoms with E-state index in [4.69, 9.17) is 24.0 Å². The number of hydrogen-bond donors (Lipinski definition) is 1. The summed E-state index contributed by atoms with van der Waals surface area (Å²) in [4.78, 5) is 15.8. The molecule has 0 spiro atoms. The van der Waals surface area contributed by atoms with Crippen molar-refractivity contribution in [2.24, 2.45) is 0 Å². The van der Waals surface area contributed by atoms with E-state index in [2.05, 4.69) is 26.0 Å². The Balaban J connectivity index is 1.48. The number of methoxy groups -OCH3 is 1. The highest BCUT2D eigenvalue weighted by molar-refractivity contribution is 5.70. The van der Waals surface area contributed by atoms with Crippen LogP contribution in [0.4, 0.5) is 0 Å². The van der Waals surface area contributed by atoms with Crippen LogP contribution >= 0.6 is 0 Å². The molecule has 0 aliphatic carbocycles. The van der Waals surface area contributed by atoms with Crippen molar-refractivity contribution in [2.45, 2.75) is 39.5 Å². The molecule has 4 aromatic rings. The van der Waals surface area contributed by atoms with E-state index in [-0.39, 0.29) is 12.3 Å². The number of aromatic nitrogens is 1. The van der Waals surface area contributed by atoms with E-state index < -0.39 is 5.97 Å². The van der Waals surface area contributed by atoms with Crippen LogP contribution in [0.1, 0.15) is 42.3 Å². The van der Waals surface area contributed by atoms with Gasteiger partial charge in [0.05, 0.1) is 25.8 Å². The van der Waals surface area contributed by atoms with Crippen molar-refractivity contribution < 1.29 is 23.8 Å². The lowest BCUT2D eigenvalue weighted by Crippen LogP contribution is -2.06. The van der Waals surface area contributed by atoms with Crippen molar-refractivity contribution in [3.05, 3.63) is 89.3 Å². The molecule has 0 saturated carbocycles. The summed E-state index contributed by atoms with van der Waals surface area (Å²) >= 11 is 0. The number of nitrogens with zero attached hydrogens (tertiary/aromatic N) is 1. The van der Waals surface area contributed by atoms with Gasteiger partial charge in [-0.05, 0) is 59.5 Å². The normalized spacial score (nSPS) is 11.0. The molecule has 36 heavy (non-hydrogen) atoms. The molecule has 0 fully saturated rings. The first kappa shape index (κ1) is 25.0. The number of oxazole rings is 1. The summed E-state index contributed by atoms with van der Waals surface area (Å²) in [5.41, 5.74) is 5.68. The van der Waals surface area contributed by atoms with Gasteiger partial charge in [0.15, 0.2) is 0 Å². The summed E-state index contributed by atoms with van der Waals surface area (Å²) in [5.74, 6) is 2.28. The van der Waals surface area contributed by atoms with E-state index in [9.17, 15) is 4.79 Å². The van der Waals surface area contributed by atoms with E-state index in [0.717, 1.165) is 39.5 Å². The fourth-order valence-corrected chi connectivity index (χ4v) is 4.05. The SMILES string of the molecule is COc1ccc(-c2ccc(-c3nc(CCOc4cc(CC(=O)O)ccc4C)c(C(C)C)o3)cc2)cc1. The van der Waals surface area contributed by atoms with Gasteiger partial charge >= 0.3 is 5.97 Å². The molecule has 0 bridgehead atoms. The quantitative estimate of drug-likeness (QED) is 0.269. The Morgan fingerprint density at radius 3 is 2.22 bits per heavy atom. The molecular formula is C30H31NO5. The van der Waals surface area contributed by atoms with Crippen molar-refractivity contribution in [1.29, 1.82) is 0 Å². The maximum atomic E-state index is 11.0. The molecule has 1 aromatic heterocycles. The van der Waals surface area contributed by atoms with E-state index >= 15 is 0 Å². The topological polar surface area (TPSA) is 81.8 Å². The molecule has 0 atom stereocenters. The zero-order valence-corrected chi connectivity index (χ0v) is 21.1. The first-order valence-corrected chi connectivity index (χ1v) is 12.0. The van der Waals surface area contributed by atoms with Gasteiger partial charge in [-0.15, -0.1) is 0 Å². The van der Waals surface area contributed by atoms with Gasteiger partial charge in [-0.3, -0.25) is 4.79 Å².